The highest BCUT2D eigenvalue weighted by Gasteiger charge is 2.36. The summed E-state index contributed by atoms with van der Waals surface area (Å²) in [6.07, 6.45) is 9.74. The van der Waals surface area contributed by atoms with Crippen LogP contribution in [-0.2, 0) is 23.5 Å². The van der Waals surface area contributed by atoms with Crippen LogP contribution in [0.4, 0.5) is 0 Å². The van der Waals surface area contributed by atoms with Crippen molar-refractivity contribution in [1.82, 2.24) is 19.3 Å². The van der Waals surface area contributed by atoms with Gasteiger partial charge in [0.1, 0.15) is 11.4 Å². The lowest BCUT2D eigenvalue weighted by molar-refractivity contribution is -0.131. The van der Waals surface area contributed by atoms with E-state index in [9.17, 15) is 39.3 Å². The number of nitrogens with zero attached hydrogens (tertiary/aromatic N) is 4. The number of benzene rings is 5. The molecule has 0 atom stereocenters. The highest BCUT2D eigenvalue weighted by atomic mass is 16.4. The van der Waals surface area contributed by atoms with E-state index in [0.29, 0.717) is 102 Å². The Hall–Kier alpha value is -8.18. The zero-order valence-corrected chi connectivity index (χ0v) is 41.3. The summed E-state index contributed by atoms with van der Waals surface area (Å²) in [5.41, 5.74) is 3.31. The number of aliphatic carboxylic acids is 1. The number of aliphatic hydroxyl groups excluding tert-OH is 1. The van der Waals surface area contributed by atoms with Gasteiger partial charge in [0, 0.05) is 55.5 Å². The van der Waals surface area contributed by atoms with Crippen LogP contribution in [-0.4, -0.2) is 96.3 Å². The Balaban J connectivity index is 1.03. The van der Waals surface area contributed by atoms with Crippen molar-refractivity contribution >= 4 is 41.6 Å². The molecular formula is C61H60N4O9. The molecule has 13 heteroatoms. The van der Waals surface area contributed by atoms with Gasteiger partial charge in [0.25, 0.3) is 29.5 Å². The first-order valence-corrected chi connectivity index (χ1v) is 25.4. The van der Waals surface area contributed by atoms with Crippen LogP contribution in [0.5, 0.6) is 0 Å². The van der Waals surface area contributed by atoms with E-state index in [0.717, 1.165) is 50.2 Å². The number of rotatable bonds is 24. The number of amides is 5. The number of aliphatic hydroxyl groups is 2. The summed E-state index contributed by atoms with van der Waals surface area (Å²) in [7, 11) is 0. The smallest absolute Gasteiger partial charge is 0.328 e. The third-order valence-electron chi connectivity index (χ3n) is 13.7. The first-order valence-electron chi connectivity index (χ1n) is 25.4. The van der Waals surface area contributed by atoms with Gasteiger partial charge in [-0.15, -0.1) is 0 Å². The van der Waals surface area contributed by atoms with Gasteiger partial charge in [0.2, 0.25) is 0 Å². The largest absolute Gasteiger partial charge is 0.478 e. The van der Waals surface area contributed by atoms with Crippen LogP contribution in [0, 0.1) is 11.8 Å². The van der Waals surface area contributed by atoms with E-state index in [-0.39, 0.29) is 48.4 Å². The van der Waals surface area contributed by atoms with Gasteiger partial charge in [-0.25, -0.2) is 4.79 Å². The molecule has 0 fully saturated rings. The number of aromatic nitrogens is 1. The molecule has 74 heavy (non-hydrogen) atoms. The van der Waals surface area contributed by atoms with Gasteiger partial charge in [-0.3, -0.25) is 33.8 Å². The average Bonchev–Trinajstić information content (AvgIpc) is 3.99. The van der Waals surface area contributed by atoms with Gasteiger partial charge in [-0.05, 0) is 79.1 Å². The average molecular weight is 993 g/mol. The van der Waals surface area contributed by atoms with Crippen LogP contribution >= 0.6 is 0 Å². The number of carboxylic acids is 1. The Morgan fingerprint density at radius 2 is 1.00 bits per heavy atom. The van der Waals surface area contributed by atoms with Gasteiger partial charge in [-0.2, -0.15) is 0 Å². The predicted octanol–water partition coefficient (Wildman–Crippen LogP) is 9.35. The fourth-order valence-electron chi connectivity index (χ4n) is 9.73. The molecule has 3 heterocycles. The monoisotopic (exact) mass is 992 g/mol. The second kappa shape index (κ2) is 24.5. The SMILES string of the molecule is O=C(O)/C=C/c1cc(C(=O)N(CCCCCCCN2C(=O)c3ccccc3C2=O)CCCCCCCN2C(=O)c3ccccc3C2=O)n(Cc2cccc(CO)c2)c1C#CC(O)(c1ccccc1)c1ccccc1. The van der Waals surface area contributed by atoms with Gasteiger partial charge in [0.05, 0.1) is 28.9 Å². The third-order valence-corrected chi connectivity index (χ3v) is 13.7. The summed E-state index contributed by atoms with van der Waals surface area (Å²) in [4.78, 5) is 83.5. The predicted molar refractivity (Wildman–Crippen MR) is 281 cm³/mol. The van der Waals surface area contributed by atoms with E-state index in [1.165, 1.54) is 15.9 Å². The van der Waals surface area contributed by atoms with E-state index in [4.69, 9.17) is 0 Å². The highest BCUT2D eigenvalue weighted by molar-refractivity contribution is 6.22. The van der Waals surface area contributed by atoms with Crippen LogP contribution in [0.3, 0.4) is 0 Å². The summed E-state index contributed by atoms with van der Waals surface area (Å²) < 4.78 is 1.76. The molecule has 3 N–H and O–H groups in total. The lowest BCUT2D eigenvalue weighted by Gasteiger charge is -2.24. The van der Waals surface area contributed by atoms with Crippen molar-refractivity contribution in [2.24, 2.45) is 0 Å². The molecule has 8 rings (SSSR count). The molecule has 1 aromatic heterocycles. The number of carbonyl (C=O) groups excluding carboxylic acids is 5. The van der Waals surface area contributed by atoms with Gasteiger partial charge < -0.3 is 24.8 Å². The molecule has 13 nitrogen and oxygen atoms in total. The topological polar surface area (TPSA) is 178 Å². The molecule has 5 aromatic carbocycles. The molecule has 0 saturated carbocycles. The van der Waals surface area contributed by atoms with Crippen molar-refractivity contribution in [2.45, 2.75) is 83.0 Å². The molecule has 378 valence electrons. The van der Waals surface area contributed by atoms with E-state index in [1.54, 1.807) is 89.5 Å². The second-order valence-electron chi connectivity index (χ2n) is 18.7. The van der Waals surface area contributed by atoms with Crippen molar-refractivity contribution in [3.63, 3.8) is 0 Å². The number of hydrogen-bond acceptors (Lipinski definition) is 8. The van der Waals surface area contributed by atoms with Crippen molar-refractivity contribution in [1.29, 1.82) is 0 Å². The maximum absolute atomic E-state index is 15.3. The Kier molecular flexibility index (Phi) is 17.3. The van der Waals surface area contributed by atoms with Crippen molar-refractivity contribution in [2.75, 3.05) is 26.2 Å². The standard InChI is InChI=1S/C61H60N4O9/c66-43-45-23-21-22-44(40-45)42-65-53(34-35-61(74,47-24-9-7-10-25-47)48-26-11-8-12-27-48)46(32-33-55(67)68)41-54(65)60(73)62(36-17-3-1-5-19-38-63-56(69)49-28-13-14-29-50(49)57(63)70)37-18-4-2-6-20-39-64-58(71)51-30-15-16-31-52(51)59(64)72/h7-16,21-33,40-41,66,74H,1-6,17-20,36-39,42-43H2,(H,67,68)/b33-32+. The number of carbonyl (C=O) groups is 6. The van der Waals surface area contributed by atoms with Crippen LogP contribution in [0.2, 0.25) is 0 Å². The Labute approximate surface area is 431 Å². The molecule has 2 aliphatic rings. The molecule has 0 radical (unpaired) electrons. The molecule has 0 aliphatic carbocycles. The van der Waals surface area contributed by atoms with Crippen LogP contribution in [0.1, 0.15) is 150 Å². The van der Waals surface area contributed by atoms with Crippen molar-refractivity contribution in [3.05, 3.63) is 207 Å². The highest BCUT2D eigenvalue weighted by Crippen LogP contribution is 2.31. The zero-order valence-electron chi connectivity index (χ0n) is 41.3. The van der Waals surface area contributed by atoms with Gasteiger partial charge >= 0.3 is 5.97 Å². The maximum Gasteiger partial charge on any atom is 0.328 e. The van der Waals surface area contributed by atoms with Crippen molar-refractivity contribution in [3.8, 4) is 11.8 Å². The number of hydrogen-bond donors (Lipinski definition) is 3. The number of imide groups is 2. The molecule has 0 saturated heterocycles. The molecular weight excluding hydrogens is 933 g/mol. The van der Waals surface area contributed by atoms with Gasteiger partial charge in [0.15, 0.2) is 5.60 Å². The van der Waals surface area contributed by atoms with E-state index in [2.05, 4.69) is 11.8 Å². The van der Waals surface area contributed by atoms with E-state index < -0.39 is 11.6 Å². The Bertz CT molecular complexity index is 2910. The first-order chi connectivity index (χ1) is 36.0. The summed E-state index contributed by atoms with van der Waals surface area (Å²) in [5, 5.41) is 32.4. The first kappa shape index (κ1) is 52.2. The quantitative estimate of drug-likeness (QED) is 0.0231. The van der Waals surface area contributed by atoms with Crippen LogP contribution < -0.4 is 0 Å². The Morgan fingerprint density at radius 1 is 0.554 bits per heavy atom. The van der Waals surface area contributed by atoms with Crippen LogP contribution in [0.15, 0.2) is 146 Å². The summed E-state index contributed by atoms with van der Waals surface area (Å²) >= 11 is 0. The minimum absolute atomic E-state index is 0.128. The van der Waals surface area contributed by atoms with E-state index in [1.807, 2.05) is 59.5 Å². The molecule has 0 spiro atoms. The number of fused-ring (bicyclic) bond motifs is 2. The Morgan fingerprint density at radius 3 is 1.47 bits per heavy atom. The van der Waals surface area contributed by atoms with Gasteiger partial charge in [-0.1, -0.05) is 154 Å². The van der Waals surface area contributed by atoms with E-state index >= 15 is 4.79 Å². The summed E-state index contributed by atoms with van der Waals surface area (Å²) in [6, 6.07) is 40.7. The van der Waals surface area contributed by atoms with Crippen LogP contribution in [0.25, 0.3) is 6.08 Å². The fraction of sp³-hybridized carbons (Fsp3) is 0.279. The molecule has 6 aromatic rings. The minimum atomic E-state index is -1.80. The number of unbranched alkanes of at least 4 members (excludes halogenated alkanes) is 8. The summed E-state index contributed by atoms with van der Waals surface area (Å²) in [5.74, 6) is 3.78. The molecule has 0 bridgehead atoms. The fourth-order valence-corrected chi connectivity index (χ4v) is 9.73. The normalized spacial score (nSPS) is 13.1. The second-order valence-corrected chi connectivity index (χ2v) is 18.7. The molecule has 2 aliphatic heterocycles. The minimum Gasteiger partial charge on any atom is -0.478 e. The third kappa shape index (κ3) is 12.0. The molecule has 0 unspecified atom stereocenters. The summed E-state index contributed by atoms with van der Waals surface area (Å²) in [6.45, 7) is 1.39. The number of carboxylic acid groups (broad SMARTS) is 1. The molecule has 5 amide bonds. The lowest BCUT2D eigenvalue weighted by Crippen LogP contribution is -2.34. The zero-order chi connectivity index (χ0) is 52.0. The van der Waals surface area contributed by atoms with Crippen molar-refractivity contribution < 1.29 is 44.1 Å². The lowest BCUT2D eigenvalue weighted by atomic mass is 9.87. The maximum atomic E-state index is 15.3.